The van der Waals surface area contributed by atoms with Gasteiger partial charge in [0.1, 0.15) is 0 Å². The smallest absolute Gasteiger partial charge is 0.305 e. The molecular weight excluding hydrogens is 224 g/mol. The van der Waals surface area contributed by atoms with Crippen LogP contribution in [-0.4, -0.2) is 11.0 Å². The van der Waals surface area contributed by atoms with Gasteiger partial charge in [0.2, 0.25) is 0 Å². The van der Waals surface area contributed by atoms with E-state index in [1.54, 1.807) is 12.3 Å². The van der Waals surface area contributed by atoms with Gasteiger partial charge in [-0.2, -0.15) is 0 Å². The third-order valence-electron chi connectivity index (χ3n) is 1.09. The van der Waals surface area contributed by atoms with Crippen LogP contribution in [0.2, 0.25) is 0 Å². The van der Waals surface area contributed by atoms with Crippen LogP contribution in [0.15, 0.2) is 22.9 Å². The zero-order valence-corrected chi connectivity index (χ0v) is 7.63. The number of nitrogens with zero attached hydrogens (tertiary/aromatic N) is 1. The summed E-state index contributed by atoms with van der Waals surface area (Å²) in [6, 6.07) is 1.23. The number of amides is 2. The fourth-order valence-corrected chi connectivity index (χ4v) is 1.01. The number of pyridine rings is 1. The molecule has 0 aliphatic carbocycles. The fourth-order valence-electron chi connectivity index (χ4n) is 0.647. The summed E-state index contributed by atoms with van der Waals surface area (Å²) < 4.78 is 0.789. The van der Waals surface area contributed by atoms with E-state index in [4.69, 9.17) is 5.84 Å². The van der Waals surface area contributed by atoms with Crippen LogP contribution in [0.5, 0.6) is 0 Å². The van der Waals surface area contributed by atoms with Gasteiger partial charge in [-0.25, -0.2) is 10.6 Å². The van der Waals surface area contributed by atoms with Crippen LogP contribution in [0.4, 0.5) is 10.5 Å². The van der Waals surface area contributed by atoms with Gasteiger partial charge in [0.15, 0.2) is 0 Å². The molecule has 0 bridgehead atoms. The lowest BCUT2D eigenvalue weighted by Gasteiger charge is -2.02. The number of aromatic nitrogens is 1. The first-order valence-corrected chi connectivity index (χ1v) is 3.90. The van der Waals surface area contributed by atoms with Gasteiger partial charge in [0.05, 0.1) is 11.9 Å². The number of carbonyl (C=O) groups excluding carboxylic acids is 1. The molecule has 5 nitrogen and oxygen atoms in total. The van der Waals surface area contributed by atoms with E-state index in [0.29, 0.717) is 5.69 Å². The second-order valence-corrected chi connectivity index (χ2v) is 2.91. The minimum absolute atomic E-state index is 0.477. The molecule has 4 N–H and O–H groups in total. The maximum Gasteiger partial charge on any atom is 0.333 e. The average Bonchev–Trinajstić information content (AvgIpc) is 2.04. The molecule has 0 unspecified atom stereocenters. The largest absolute Gasteiger partial charge is 0.333 e. The summed E-state index contributed by atoms with van der Waals surface area (Å²) in [5.74, 6) is 4.86. The average molecular weight is 231 g/mol. The van der Waals surface area contributed by atoms with Crippen molar-refractivity contribution in [2.45, 2.75) is 0 Å². The highest BCUT2D eigenvalue weighted by atomic mass is 79.9. The van der Waals surface area contributed by atoms with Gasteiger partial charge in [-0.3, -0.25) is 10.4 Å². The number of nitrogens with two attached hydrogens (primary N) is 1. The van der Waals surface area contributed by atoms with Crippen LogP contribution in [0, 0.1) is 0 Å². The molecule has 1 aromatic rings. The van der Waals surface area contributed by atoms with E-state index in [2.05, 4.69) is 26.2 Å². The minimum atomic E-state index is -0.477. The van der Waals surface area contributed by atoms with Crippen molar-refractivity contribution < 1.29 is 4.79 Å². The van der Waals surface area contributed by atoms with Crippen molar-refractivity contribution in [3.63, 3.8) is 0 Å². The van der Waals surface area contributed by atoms with E-state index in [-0.39, 0.29) is 0 Å². The van der Waals surface area contributed by atoms with Crippen molar-refractivity contribution in [1.29, 1.82) is 0 Å². The quantitative estimate of drug-likeness (QED) is 0.380. The highest BCUT2D eigenvalue weighted by Gasteiger charge is 1.98. The van der Waals surface area contributed by atoms with Gasteiger partial charge in [-0.05, 0) is 22.0 Å². The third-order valence-corrected chi connectivity index (χ3v) is 1.53. The fraction of sp³-hybridized carbons (Fsp3) is 0. The van der Waals surface area contributed by atoms with Gasteiger partial charge < -0.3 is 5.32 Å². The summed E-state index contributed by atoms with van der Waals surface area (Å²) >= 11 is 3.21. The molecule has 64 valence electrons. The summed E-state index contributed by atoms with van der Waals surface area (Å²) in [5.41, 5.74) is 2.52. The summed E-state index contributed by atoms with van der Waals surface area (Å²) in [4.78, 5) is 14.5. The molecule has 0 saturated heterocycles. The van der Waals surface area contributed by atoms with Crippen molar-refractivity contribution in [1.82, 2.24) is 10.4 Å². The molecule has 0 atom stereocenters. The SMILES string of the molecule is NNC(=O)Nc1cncc(Br)c1. The lowest BCUT2D eigenvalue weighted by atomic mass is 10.4. The molecule has 0 aliphatic heterocycles. The lowest BCUT2D eigenvalue weighted by Crippen LogP contribution is -2.34. The first-order chi connectivity index (χ1) is 5.72. The maximum absolute atomic E-state index is 10.7. The first-order valence-electron chi connectivity index (χ1n) is 3.10. The van der Waals surface area contributed by atoms with Crippen LogP contribution in [0.25, 0.3) is 0 Å². The second-order valence-electron chi connectivity index (χ2n) is 1.99. The summed E-state index contributed by atoms with van der Waals surface area (Å²) in [6.07, 6.45) is 3.13. The molecule has 1 heterocycles. The van der Waals surface area contributed by atoms with Crippen LogP contribution >= 0.6 is 15.9 Å². The van der Waals surface area contributed by atoms with Crippen LogP contribution < -0.4 is 16.6 Å². The molecular formula is C6H7BrN4O. The van der Waals surface area contributed by atoms with E-state index in [1.807, 2.05) is 5.43 Å². The predicted molar refractivity (Wildman–Crippen MR) is 48.3 cm³/mol. The van der Waals surface area contributed by atoms with Crippen LogP contribution in [0.3, 0.4) is 0 Å². The second kappa shape index (κ2) is 4.03. The number of anilines is 1. The summed E-state index contributed by atoms with van der Waals surface area (Å²) in [6.45, 7) is 0. The molecule has 0 fully saturated rings. The van der Waals surface area contributed by atoms with Crippen molar-refractivity contribution >= 4 is 27.6 Å². The Morgan fingerprint density at radius 2 is 2.33 bits per heavy atom. The van der Waals surface area contributed by atoms with Gasteiger partial charge in [0.25, 0.3) is 0 Å². The highest BCUT2D eigenvalue weighted by molar-refractivity contribution is 9.10. The van der Waals surface area contributed by atoms with Crippen molar-refractivity contribution in [2.24, 2.45) is 5.84 Å². The molecule has 6 heteroatoms. The standard InChI is InChI=1S/C6H7BrN4O/c7-4-1-5(3-9-2-4)10-6(12)11-8/h1-3H,8H2,(H2,10,11,12). The molecule has 1 rings (SSSR count). The van der Waals surface area contributed by atoms with E-state index >= 15 is 0 Å². The first kappa shape index (κ1) is 8.95. The zero-order valence-electron chi connectivity index (χ0n) is 6.04. The Hall–Kier alpha value is -1.14. The molecule has 0 aliphatic rings. The van der Waals surface area contributed by atoms with Crippen molar-refractivity contribution in [3.8, 4) is 0 Å². The van der Waals surface area contributed by atoms with E-state index < -0.39 is 6.03 Å². The Labute approximate surface area is 77.5 Å². The van der Waals surface area contributed by atoms with E-state index in [0.717, 1.165) is 4.47 Å². The predicted octanol–water partition coefficient (Wildman–Crippen LogP) is 0.839. The highest BCUT2D eigenvalue weighted by Crippen LogP contribution is 2.12. The molecule has 2 amide bonds. The number of hydrogen-bond acceptors (Lipinski definition) is 3. The number of nitrogens with one attached hydrogen (secondary N) is 2. The normalized spacial score (nSPS) is 9.17. The summed E-state index contributed by atoms with van der Waals surface area (Å²) in [5, 5.41) is 2.46. The molecule has 0 radical (unpaired) electrons. The molecule has 1 aromatic heterocycles. The Morgan fingerprint density at radius 3 is 2.92 bits per heavy atom. The lowest BCUT2D eigenvalue weighted by molar-refractivity contribution is 0.252. The Balaban J connectivity index is 2.69. The topological polar surface area (TPSA) is 80.0 Å². The Kier molecular flexibility index (Phi) is 3.01. The number of hydrogen-bond donors (Lipinski definition) is 3. The van der Waals surface area contributed by atoms with Crippen LogP contribution in [0.1, 0.15) is 0 Å². The van der Waals surface area contributed by atoms with Gasteiger partial charge >= 0.3 is 6.03 Å². The number of halogens is 1. The number of carbonyl (C=O) groups is 1. The van der Waals surface area contributed by atoms with Crippen LogP contribution in [-0.2, 0) is 0 Å². The van der Waals surface area contributed by atoms with Gasteiger partial charge in [-0.1, -0.05) is 0 Å². The monoisotopic (exact) mass is 230 g/mol. The molecule has 0 spiro atoms. The van der Waals surface area contributed by atoms with E-state index in [9.17, 15) is 4.79 Å². The molecule has 0 aromatic carbocycles. The van der Waals surface area contributed by atoms with Gasteiger partial charge in [-0.15, -0.1) is 0 Å². The number of urea groups is 1. The third kappa shape index (κ3) is 2.48. The molecule has 12 heavy (non-hydrogen) atoms. The van der Waals surface area contributed by atoms with E-state index in [1.165, 1.54) is 6.20 Å². The number of rotatable bonds is 1. The minimum Gasteiger partial charge on any atom is -0.305 e. The molecule has 0 saturated carbocycles. The van der Waals surface area contributed by atoms with Crippen molar-refractivity contribution in [2.75, 3.05) is 5.32 Å². The maximum atomic E-state index is 10.7. The van der Waals surface area contributed by atoms with Gasteiger partial charge in [0, 0.05) is 10.7 Å². The van der Waals surface area contributed by atoms with Crippen molar-refractivity contribution in [3.05, 3.63) is 22.9 Å². The Morgan fingerprint density at radius 1 is 1.58 bits per heavy atom. The zero-order chi connectivity index (χ0) is 8.97. The Bertz CT molecular complexity index is 291. The summed E-state index contributed by atoms with van der Waals surface area (Å²) in [7, 11) is 0. The number of hydrazine groups is 1.